The van der Waals surface area contributed by atoms with Crippen molar-refractivity contribution < 1.29 is 9.59 Å². The number of rotatable bonds is 7. The molecule has 0 aromatic heterocycles. The number of aryl methyl sites for hydroxylation is 1. The molecule has 2 rings (SSSR count). The van der Waals surface area contributed by atoms with Crippen LogP contribution in [-0.2, 0) is 16.0 Å². The lowest BCUT2D eigenvalue weighted by atomic mass is 9.80. The highest BCUT2D eigenvalue weighted by molar-refractivity contribution is 5.91. The van der Waals surface area contributed by atoms with Gasteiger partial charge in [-0.15, -0.1) is 12.4 Å². The number of nitrogens with zero attached hydrogens (tertiary/aromatic N) is 1. The fourth-order valence-corrected chi connectivity index (χ4v) is 3.70. The molecule has 146 valence electrons. The molecule has 6 heteroatoms. The van der Waals surface area contributed by atoms with Gasteiger partial charge in [-0.25, -0.2) is 0 Å². The zero-order valence-corrected chi connectivity index (χ0v) is 16.7. The van der Waals surface area contributed by atoms with E-state index in [1.807, 2.05) is 43.0 Å². The molecule has 2 amide bonds. The Bertz CT molecular complexity index is 596. The number of nitrogens with two attached hydrogens (primary N) is 1. The van der Waals surface area contributed by atoms with E-state index in [1.54, 1.807) is 0 Å². The van der Waals surface area contributed by atoms with E-state index in [9.17, 15) is 9.59 Å². The monoisotopic (exact) mass is 381 g/mol. The average Bonchev–Trinajstić information content (AvgIpc) is 2.62. The van der Waals surface area contributed by atoms with Gasteiger partial charge in [0.2, 0.25) is 11.8 Å². The van der Waals surface area contributed by atoms with Crippen LogP contribution in [0.2, 0.25) is 0 Å². The second-order valence-electron chi connectivity index (χ2n) is 6.87. The number of carbonyl (C=O) groups excluding carboxylic acids is 2. The zero-order chi connectivity index (χ0) is 18.3. The minimum Gasteiger partial charge on any atom is -0.399 e. The van der Waals surface area contributed by atoms with Gasteiger partial charge in [-0.3, -0.25) is 9.59 Å². The average molecular weight is 382 g/mol. The number of benzene rings is 1. The lowest BCUT2D eigenvalue weighted by molar-refractivity contribution is -0.143. The van der Waals surface area contributed by atoms with Gasteiger partial charge in [-0.2, -0.15) is 0 Å². The number of hydrogen-bond donors (Lipinski definition) is 2. The van der Waals surface area contributed by atoms with E-state index in [4.69, 9.17) is 5.73 Å². The maximum absolute atomic E-state index is 13.0. The first-order valence-electron chi connectivity index (χ1n) is 9.46. The lowest BCUT2D eigenvalue weighted by Crippen LogP contribution is -2.60. The summed E-state index contributed by atoms with van der Waals surface area (Å²) in [7, 11) is 0. The Morgan fingerprint density at radius 3 is 2.31 bits per heavy atom. The molecule has 0 spiro atoms. The third-order valence-corrected chi connectivity index (χ3v) is 5.22. The van der Waals surface area contributed by atoms with Crippen LogP contribution in [-0.4, -0.2) is 35.3 Å². The molecule has 1 aromatic rings. The van der Waals surface area contributed by atoms with Gasteiger partial charge in [0.1, 0.15) is 5.54 Å². The fourth-order valence-electron chi connectivity index (χ4n) is 3.70. The van der Waals surface area contributed by atoms with Gasteiger partial charge in [-0.1, -0.05) is 37.5 Å². The standard InChI is InChI=1S/C20H31N3O2.ClH/c1-3-23(4-2)19(25)20(14-8-5-9-15-20)22-18(24)13-12-16-10-6-7-11-17(16)21;/h6-7,10-11H,3-5,8-9,12-15,21H2,1-2H3,(H,22,24);1H. The topological polar surface area (TPSA) is 75.4 Å². The lowest BCUT2D eigenvalue weighted by Gasteiger charge is -2.40. The number of para-hydroxylation sites is 1. The molecule has 0 bridgehead atoms. The van der Waals surface area contributed by atoms with Crippen LogP contribution < -0.4 is 11.1 Å². The number of amides is 2. The minimum atomic E-state index is -0.719. The van der Waals surface area contributed by atoms with Crippen LogP contribution >= 0.6 is 12.4 Å². The van der Waals surface area contributed by atoms with E-state index in [0.717, 1.165) is 37.7 Å². The van der Waals surface area contributed by atoms with Crippen LogP contribution in [0.4, 0.5) is 5.69 Å². The van der Waals surface area contributed by atoms with Crippen LogP contribution in [0.15, 0.2) is 24.3 Å². The largest absolute Gasteiger partial charge is 0.399 e. The normalized spacial score (nSPS) is 15.6. The molecule has 1 fully saturated rings. The summed E-state index contributed by atoms with van der Waals surface area (Å²) in [4.78, 5) is 27.5. The molecule has 3 N–H and O–H groups in total. The van der Waals surface area contributed by atoms with E-state index in [-0.39, 0.29) is 24.2 Å². The molecule has 1 saturated carbocycles. The summed E-state index contributed by atoms with van der Waals surface area (Å²) in [5.74, 6) is 0.00966. The summed E-state index contributed by atoms with van der Waals surface area (Å²) in [6.07, 6.45) is 5.51. The number of nitrogens with one attached hydrogen (secondary N) is 1. The van der Waals surface area contributed by atoms with Crippen molar-refractivity contribution >= 4 is 29.9 Å². The number of anilines is 1. The molecule has 0 saturated heterocycles. The van der Waals surface area contributed by atoms with Gasteiger partial charge in [0.05, 0.1) is 0 Å². The van der Waals surface area contributed by atoms with Gasteiger partial charge >= 0.3 is 0 Å². The van der Waals surface area contributed by atoms with E-state index in [1.165, 1.54) is 0 Å². The van der Waals surface area contributed by atoms with Crippen molar-refractivity contribution in [2.75, 3.05) is 18.8 Å². The van der Waals surface area contributed by atoms with E-state index < -0.39 is 5.54 Å². The summed E-state index contributed by atoms with van der Waals surface area (Å²) < 4.78 is 0. The Hall–Kier alpha value is -1.75. The highest BCUT2D eigenvalue weighted by Crippen LogP contribution is 2.30. The van der Waals surface area contributed by atoms with E-state index in [0.29, 0.717) is 31.6 Å². The summed E-state index contributed by atoms with van der Waals surface area (Å²) in [6, 6.07) is 7.61. The van der Waals surface area contributed by atoms with Crippen molar-refractivity contribution in [3.63, 3.8) is 0 Å². The highest BCUT2D eigenvalue weighted by Gasteiger charge is 2.42. The van der Waals surface area contributed by atoms with Crippen molar-refractivity contribution in [1.82, 2.24) is 10.2 Å². The molecule has 1 aromatic carbocycles. The summed E-state index contributed by atoms with van der Waals surface area (Å²) >= 11 is 0. The Balaban J connectivity index is 0.00000338. The molecule has 26 heavy (non-hydrogen) atoms. The first-order valence-corrected chi connectivity index (χ1v) is 9.46. The smallest absolute Gasteiger partial charge is 0.248 e. The van der Waals surface area contributed by atoms with Crippen LogP contribution in [0.1, 0.15) is 57.9 Å². The van der Waals surface area contributed by atoms with Crippen molar-refractivity contribution in [2.45, 2.75) is 64.3 Å². The van der Waals surface area contributed by atoms with Crippen molar-refractivity contribution in [1.29, 1.82) is 0 Å². The SMILES string of the molecule is CCN(CC)C(=O)C1(NC(=O)CCc2ccccc2N)CCCCC1.Cl. The summed E-state index contributed by atoms with van der Waals surface area (Å²) in [5.41, 5.74) is 6.92. The molecule has 0 heterocycles. The molecular weight excluding hydrogens is 350 g/mol. The number of hydrogen-bond acceptors (Lipinski definition) is 3. The Morgan fingerprint density at radius 2 is 1.73 bits per heavy atom. The number of halogens is 1. The molecule has 1 aliphatic carbocycles. The van der Waals surface area contributed by atoms with Gasteiger partial charge in [0.25, 0.3) is 0 Å². The molecule has 0 atom stereocenters. The predicted octanol–water partition coefficient (Wildman–Crippen LogP) is 3.31. The molecule has 1 aliphatic rings. The molecule has 5 nitrogen and oxygen atoms in total. The third-order valence-electron chi connectivity index (χ3n) is 5.22. The number of nitrogen functional groups attached to an aromatic ring is 1. The van der Waals surface area contributed by atoms with Gasteiger partial charge in [-0.05, 0) is 44.7 Å². The molecular formula is C20H32ClN3O2. The third kappa shape index (κ3) is 5.37. The summed E-state index contributed by atoms with van der Waals surface area (Å²) in [6.45, 7) is 5.32. The highest BCUT2D eigenvalue weighted by atomic mass is 35.5. The van der Waals surface area contributed by atoms with Crippen molar-refractivity contribution in [2.24, 2.45) is 0 Å². The summed E-state index contributed by atoms with van der Waals surface area (Å²) in [5, 5.41) is 3.10. The van der Waals surface area contributed by atoms with Crippen LogP contribution in [0, 0.1) is 0 Å². The number of likely N-dealkylation sites (N-methyl/N-ethyl adjacent to an activating group) is 1. The number of carbonyl (C=O) groups is 2. The Morgan fingerprint density at radius 1 is 1.12 bits per heavy atom. The van der Waals surface area contributed by atoms with Gasteiger partial charge in [0, 0.05) is 25.2 Å². The fraction of sp³-hybridized carbons (Fsp3) is 0.600. The first kappa shape index (κ1) is 22.3. The second kappa shape index (κ2) is 10.4. The van der Waals surface area contributed by atoms with Crippen molar-refractivity contribution in [3.8, 4) is 0 Å². The maximum Gasteiger partial charge on any atom is 0.248 e. The predicted molar refractivity (Wildman–Crippen MR) is 108 cm³/mol. The van der Waals surface area contributed by atoms with Crippen LogP contribution in [0.5, 0.6) is 0 Å². The molecule has 0 unspecified atom stereocenters. The minimum absolute atomic E-state index is 0. The van der Waals surface area contributed by atoms with Crippen LogP contribution in [0.3, 0.4) is 0 Å². The van der Waals surface area contributed by atoms with Gasteiger partial charge < -0.3 is 16.0 Å². The molecule has 0 radical (unpaired) electrons. The van der Waals surface area contributed by atoms with Crippen LogP contribution in [0.25, 0.3) is 0 Å². The van der Waals surface area contributed by atoms with Crippen molar-refractivity contribution in [3.05, 3.63) is 29.8 Å². The Kier molecular flexibility index (Phi) is 8.93. The first-order chi connectivity index (χ1) is 12.0. The second-order valence-corrected chi connectivity index (χ2v) is 6.87. The molecule has 0 aliphatic heterocycles. The quantitative estimate of drug-likeness (QED) is 0.711. The Labute approximate surface area is 163 Å². The van der Waals surface area contributed by atoms with E-state index in [2.05, 4.69) is 5.32 Å². The van der Waals surface area contributed by atoms with E-state index >= 15 is 0 Å². The zero-order valence-electron chi connectivity index (χ0n) is 15.9. The van der Waals surface area contributed by atoms with Gasteiger partial charge in [0.15, 0.2) is 0 Å². The maximum atomic E-state index is 13.0.